The van der Waals surface area contributed by atoms with Crippen LogP contribution in [0.15, 0.2) is 0 Å². The molecular weight excluding hydrogens is 256 g/mol. The molecule has 0 N–H and O–H groups in total. The quantitative estimate of drug-likeness (QED) is 0.534. The number of ether oxygens (including phenoxy) is 4. The van der Waals surface area contributed by atoms with Crippen LogP contribution in [-0.2, 0) is 33.3 Å². The number of carbonyl (C=O) groups excluding carboxylic acids is 3. The molecule has 1 aliphatic rings. The largest absolute Gasteiger partial charge is 0.463 e. The van der Waals surface area contributed by atoms with Crippen LogP contribution in [-0.4, -0.2) is 48.9 Å². The summed E-state index contributed by atoms with van der Waals surface area (Å²) in [6, 6.07) is 0. The Labute approximate surface area is 111 Å². The molecule has 1 saturated heterocycles. The van der Waals surface area contributed by atoms with Crippen LogP contribution < -0.4 is 0 Å². The fraction of sp³-hybridized carbons (Fsp3) is 0.750. The fourth-order valence-electron chi connectivity index (χ4n) is 1.93. The van der Waals surface area contributed by atoms with Crippen LogP contribution in [0.25, 0.3) is 0 Å². The van der Waals surface area contributed by atoms with Gasteiger partial charge >= 0.3 is 17.9 Å². The number of carbonyl (C=O) groups is 3. The van der Waals surface area contributed by atoms with Gasteiger partial charge in [0.25, 0.3) is 0 Å². The molecule has 19 heavy (non-hydrogen) atoms. The van der Waals surface area contributed by atoms with Crippen LogP contribution in [0.4, 0.5) is 0 Å². The second-order valence-corrected chi connectivity index (χ2v) is 4.33. The lowest BCUT2D eigenvalue weighted by molar-refractivity contribution is -0.165. The van der Waals surface area contributed by atoms with E-state index in [1.165, 1.54) is 20.8 Å². The minimum Gasteiger partial charge on any atom is -0.463 e. The Kier molecular flexibility index (Phi) is 5.29. The van der Waals surface area contributed by atoms with E-state index in [-0.39, 0.29) is 6.61 Å². The van der Waals surface area contributed by atoms with E-state index in [0.717, 1.165) is 0 Å². The van der Waals surface area contributed by atoms with E-state index in [2.05, 4.69) is 0 Å². The SMILES string of the molecule is CC(=O)OC[C@@H]1OC(C)[C@H](OC(C)=O)C1OC(C)=O. The van der Waals surface area contributed by atoms with E-state index >= 15 is 0 Å². The van der Waals surface area contributed by atoms with E-state index in [9.17, 15) is 14.4 Å². The summed E-state index contributed by atoms with van der Waals surface area (Å²) in [5.41, 5.74) is 0. The third kappa shape index (κ3) is 4.51. The summed E-state index contributed by atoms with van der Waals surface area (Å²) in [5, 5.41) is 0. The summed E-state index contributed by atoms with van der Waals surface area (Å²) in [4.78, 5) is 32.9. The molecule has 0 radical (unpaired) electrons. The molecule has 108 valence electrons. The Morgan fingerprint density at radius 3 is 1.95 bits per heavy atom. The van der Waals surface area contributed by atoms with E-state index in [1.54, 1.807) is 6.92 Å². The molecule has 0 aromatic rings. The van der Waals surface area contributed by atoms with Gasteiger partial charge in [0, 0.05) is 20.8 Å². The third-order valence-electron chi connectivity index (χ3n) is 2.60. The lowest BCUT2D eigenvalue weighted by Crippen LogP contribution is -2.40. The zero-order chi connectivity index (χ0) is 14.6. The number of esters is 3. The summed E-state index contributed by atoms with van der Waals surface area (Å²) in [6.45, 7) is 5.41. The third-order valence-corrected chi connectivity index (χ3v) is 2.60. The predicted molar refractivity (Wildman–Crippen MR) is 62.1 cm³/mol. The summed E-state index contributed by atoms with van der Waals surface area (Å²) in [6.07, 6.45) is -2.58. The minimum atomic E-state index is -0.782. The highest BCUT2D eigenvalue weighted by Gasteiger charge is 2.47. The standard InChI is InChI=1S/C12H18O7/c1-6-11(18-8(3)14)12(19-9(4)15)10(17-6)5-16-7(2)13/h6,10-12H,5H2,1-4H3/t6?,10-,11-,12?/m0/s1. The molecule has 0 spiro atoms. The van der Waals surface area contributed by atoms with Crippen LogP contribution >= 0.6 is 0 Å². The lowest BCUT2D eigenvalue weighted by atomic mass is 10.1. The lowest BCUT2D eigenvalue weighted by Gasteiger charge is -2.22. The van der Waals surface area contributed by atoms with Crippen molar-refractivity contribution in [2.45, 2.75) is 52.1 Å². The molecule has 7 heteroatoms. The van der Waals surface area contributed by atoms with Crippen molar-refractivity contribution in [1.29, 1.82) is 0 Å². The van der Waals surface area contributed by atoms with E-state index in [1.807, 2.05) is 0 Å². The molecule has 0 saturated carbocycles. The van der Waals surface area contributed by atoms with Gasteiger partial charge in [-0.2, -0.15) is 0 Å². The highest BCUT2D eigenvalue weighted by atomic mass is 16.6. The molecule has 1 fully saturated rings. The number of rotatable bonds is 4. The molecule has 4 atom stereocenters. The molecule has 7 nitrogen and oxygen atoms in total. The Hall–Kier alpha value is -1.63. The highest BCUT2D eigenvalue weighted by molar-refractivity contribution is 5.67. The first-order valence-electron chi connectivity index (χ1n) is 5.94. The van der Waals surface area contributed by atoms with Crippen molar-refractivity contribution in [3.8, 4) is 0 Å². The van der Waals surface area contributed by atoms with Crippen molar-refractivity contribution in [1.82, 2.24) is 0 Å². The zero-order valence-electron chi connectivity index (χ0n) is 11.4. The molecule has 0 aromatic carbocycles. The first-order valence-corrected chi connectivity index (χ1v) is 5.94. The van der Waals surface area contributed by atoms with Gasteiger partial charge in [-0.25, -0.2) is 0 Å². The van der Waals surface area contributed by atoms with Gasteiger partial charge in [-0.1, -0.05) is 0 Å². The molecule has 1 heterocycles. The average molecular weight is 274 g/mol. The minimum absolute atomic E-state index is 0.0601. The van der Waals surface area contributed by atoms with Crippen molar-refractivity contribution in [2.24, 2.45) is 0 Å². The summed E-state index contributed by atoms with van der Waals surface area (Å²) in [5.74, 6) is -1.48. The van der Waals surface area contributed by atoms with E-state index in [0.29, 0.717) is 0 Å². The maximum absolute atomic E-state index is 11.1. The van der Waals surface area contributed by atoms with Crippen LogP contribution in [0, 0.1) is 0 Å². The number of hydrogen-bond donors (Lipinski definition) is 0. The molecular formula is C12H18O7. The molecule has 2 unspecified atom stereocenters. The molecule has 0 aliphatic carbocycles. The zero-order valence-corrected chi connectivity index (χ0v) is 11.4. The van der Waals surface area contributed by atoms with Crippen molar-refractivity contribution < 1.29 is 33.3 Å². The van der Waals surface area contributed by atoms with Gasteiger partial charge in [0.1, 0.15) is 12.7 Å². The Morgan fingerprint density at radius 1 is 0.947 bits per heavy atom. The predicted octanol–water partition coefficient (Wildman–Crippen LogP) is 0.200. The van der Waals surface area contributed by atoms with Gasteiger partial charge in [0.15, 0.2) is 12.2 Å². The van der Waals surface area contributed by atoms with Crippen LogP contribution in [0.1, 0.15) is 27.7 Å². The van der Waals surface area contributed by atoms with Gasteiger partial charge in [-0.15, -0.1) is 0 Å². The molecule has 1 aliphatic heterocycles. The summed E-state index contributed by atoms with van der Waals surface area (Å²) < 4.78 is 20.6. The fourth-order valence-corrected chi connectivity index (χ4v) is 1.93. The summed E-state index contributed by atoms with van der Waals surface area (Å²) >= 11 is 0. The maximum atomic E-state index is 11.1. The second kappa shape index (κ2) is 6.51. The molecule has 0 aromatic heterocycles. The van der Waals surface area contributed by atoms with E-state index < -0.39 is 42.3 Å². The van der Waals surface area contributed by atoms with Crippen molar-refractivity contribution in [2.75, 3.05) is 6.61 Å². The first-order chi connectivity index (χ1) is 8.81. The van der Waals surface area contributed by atoms with Gasteiger partial charge in [-0.05, 0) is 6.92 Å². The van der Waals surface area contributed by atoms with Crippen LogP contribution in [0.3, 0.4) is 0 Å². The van der Waals surface area contributed by atoms with Crippen LogP contribution in [0.2, 0.25) is 0 Å². The van der Waals surface area contributed by atoms with Crippen molar-refractivity contribution in [3.63, 3.8) is 0 Å². The second-order valence-electron chi connectivity index (χ2n) is 4.33. The van der Waals surface area contributed by atoms with Crippen LogP contribution in [0.5, 0.6) is 0 Å². The Morgan fingerprint density at radius 2 is 1.47 bits per heavy atom. The normalized spacial score (nSPS) is 29.7. The van der Waals surface area contributed by atoms with Crippen molar-refractivity contribution >= 4 is 17.9 Å². The highest BCUT2D eigenvalue weighted by Crippen LogP contribution is 2.27. The first kappa shape index (κ1) is 15.4. The molecule has 1 rings (SSSR count). The van der Waals surface area contributed by atoms with Gasteiger partial charge < -0.3 is 18.9 Å². The topological polar surface area (TPSA) is 88.1 Å². The smallest absolute Gasteiger partial charge is 0.303 e. The van der Waals surface area contributed by atoms with Crippen molar-refractivity contribution in [3.05, 3.63) is 0 Å². The summed E-state index contributed by atoms with van der Waals surface area (Å²) in [7, 11) is 0. The molecule has 0 bridgehead atoms. The Balaban J connectivity index is 2.76. The number of hydrogen-bond acceptors (Lipinski definition) is 7. The van der Waals surface area contributed by atoms with Gasteiger partial charge in [0.2, 0.25) is 0 Å². The average Bonchev–Trinajstić information content (AvgIpc) is 2.53. The maximum Gasteiger partial charge on any atom is 0.303 e. The Bertz CT molecular complexity index is 365. The molecule has 0 amide bonds. The van der Waals surface area contributed by atoms with Gasteiger partial charge in [0.05, 0.1) is 6.10 Å². The van der Waals surface area contributed by atoms with Gasteiger partial charge in [-0.3, -0.25) is 14.4 Å². The van der Waals surface area contributed by atoms with E-state index in [4.69, 9.17) is 18.9 Å². The monoisotopic (exact) mass is 274 g/mol.